The zero-order chi connectivity index (χ0) is 14.4. The Kier molecular flexibility index (Phi) is 2.84. The van der Waals surface area contributed by atoms with Crippen LogP contribution in [-0.2, 0) is 7.05 Å². The molecular weight excluding hydrogens is 262 g/mol. The van der Waals surface area contributed by atoms with E-state index in [4.69, 9.17) is 0 Å². The molecule has 0 amide bonds. The highest BCUT2D eigenvalue weighted by Gasteiger charge is 2.26. The van der Waals surface area contributed by atoms with Gasteiger partial charge in [0.25, 0.3) is 0 Å². The molecule has 1 aliphatic carbocycles. The number of para-hydroxylation sites is 1. The van der Waals surface area contributed by atoms with Gasteiger partial charge in [0.1, 0.15) is 5.65 Å². The van der Waals surface area contributed by atoms with Crippen LogP contribution in [0.3, 0.4) is 0 Å². The Labute approximate surface area is 123 Å². The van der Waals surface area contributed by atoms with Gasteiger partial charge < -0.3 is 0 Å². The lowest BCUT2D eigenvalue weighted by Crippen LogP contribution is -2.24. The van der Waals surface area contributed by atoms with E-state index in [0.717, 1.165) is 34.8 Å². The average Bonchev–Trinajstić information content (AvgIpc) is 3.06. The molecule has 0 spiro atoms. The summed E-state index contributed by atoms with van der Waals surface area (Å²) in [4.78, 5) is 13.1. The Morgan fingerprint density at radius 1 is 1.14 bits per heavy atom. The minimum atomic E-state index is 0.160. The van der Waals surface area contributed by atoms with E-state index >= 15 is 0 Å². The maximum absolute atomic E-state index is 13.1. The first-order valence-corrected chi connectivity index (χ1v) is 7.73. The summed E-state index contributed by atoms with van der Waals surface area (Å²) in [7, 11) is 1.91. The summed E-state index contributed by atoms with van der Waals surface area (Å²) in [5.74, 6) is 0.400. The summed E-state index contributed by atoms with van der Waals surface area (Å²) < 4.78 is 3.71. The number of carbonyl (C=O) groups is 1. The fraction of sp³-hybridized carbons (Fsp3) is 0.412. The molecule has 0 bridgehead atoms. The number of carbonyl (C=O) groups excluding carboxylic acids is 1. The van der Waals surface area contributed by atoms with E-state index in [-0.39, 0.29) is 11.8 Å². The molecule has 2 heterocycles. The molecule has 0 saturated heterocycles. The Balaban J connectivity index is 1.96. The molecule has 4 nitrogen and oxygen atoms in total. The lowest BCUT2D eigenvalue weighted by molar-refractivity contribution is 0.0811. The van der Waals surface area contributed by atoms with E-state index in [2.05, 4.69) is 11.2 Å². The van der Waals surface area contributed by atoms with E-state index in [1.165, 1.54) is 19.3 Å². The molecule has 4 heteroatoms. The fourth-order valence-electron chi connectivity index (χ4n) is 3.65. The van der Waals surface area contributed by atoms with Gasteiger partial charge >= 0.3 is 0 Å². The fourth-order valence-corrected chi connectivity index (χ4v) is 3.65. The molecule has 2 aromatic heterocycles. The molecule has 0 radical (unpaired) electrons. The van der Waals surface area contributed by atoms with Gasteiger partial charge in [-0.2, -0.15) is 5.10 Å². The molecule has 1 fully saturated rings. The van der Waals surface area contributed by atoms with Crippen LogP contribution in [0.4, 0.5) is 0 Å². The predicted molar refractivity (Wildman–Crippen MR) is 83.4 cm³/mol. The summed E-state index contributed by atoms with van der Waals surface area (Å²) in [6, 6.07) is 8.13. The first-order chi connectivity index (χ1) is 10.3. The topological polar surface area (TPSA) is 39.8 Å². The quantitative estimate of drug-likeness (QED) is 0.681. The summed E-state index contributed by atoms with van der Waals surface area (Å²) in [5, 5.41) is 6.52. The van der Waals surface area contributed by atoms with Gasteiger partial charge in [-0.1, -0.05) is 37.5 Å². The van der Waals surface area contributed by atoms with Crippen molar-refractivity contribution in [1.29, 1.82) is 0 Å². The second-order valence-corrected chi connectivity index (χ2v) is 6.03. The maximum Gasteiger partial charge on any atom is 0.235 e. The molecule has 1 aromatic carbocycles. The first-order valence-electron chi connectivity index (χ1n) is 7.73. The monoisotopic (exact) mass is 281 g/mol. The molecule has 0 unspecified atom stereocenters. The van der Waals surface area contributed by atoms with Crippen molar-refractivity contribution in [2.75, 3.05) is 0 Å². The van der Waals surface area contributed by atoms with Crippen LogP contribution in [0.15, 0.2) is 30.5 Å². The zero-order valence-electron chi connectivity index (χ0n) is 12.2. The molecule has 0 atom stereocenters. The van der Waals surface area contributed by atoms with E-state index in [9.17, 15) is 4.79 Å². The van der Waals surface area contributed by atoms with Crippen molar-refractivity contribution in [1.82, 2.24) is 14.3 Å². The third-order valence-corrected chi connectivity index (χ3v) is 4.73. The number of hydrogen-bond acceptors (Lipinski definition) is 2. The summed E-state index contributed by atoms with van der Waals surface area (Å²) in [6.45, 7) is 0. The highest BCUT2D eigenvalue weighted by atomic mass is 16.2. The van der Waals surface area contributed by atoms with Crippen molar-refractivity contribution >= 4 is 27.8 Å². The van der Waals surface area contributed by atoms with Crippen LogP contribution in [0.2, 0.25) is 0 Å². The number of aromatic nitrogens is 3. The molecule has 3 aromatic rings. The second-order valence-electron chi connectivity index (χ2n) is 6.03. The molecule has 0 aliphatic heterocycles. The van der Waals surface area contributed by atoms with Gasteiger partial charge in [-0.3, -0.25) is 14.0 Å². The minimum Gasteiger partial charge on any atom is -0.274 e. The standard InChI is InChI=1S/C17H19N3O/c1-19-16-14(11-18-19)13-9-5-6-10-15(13)20(16)17(21)12-7-3-2-4-8-12/h5-6,9-12H,2-4,7-8H2,1H3. The highest BCUT2D eigenvalue weighted by Crippen LogP contribution is 2.32. The molecule has 4 rings (SSSR count). The average molecular weight is 281 g/mol. The van der Waals surface area contributed by atoms with Gasteiger partial charge in [0.15, 0.2) is 0 Å². The van der Waals surface area contributed by atoms with Gasteiger partial charge in [0.05, 0.1) is 11.7 Å². The number of rotatable bonds is 1. The third kappa shape index (κ3) is 1.82. The Morgan fingerprint density at radius 2 is 1.90 bits per heavy atom. The van der Waals surface area contributed by atoms with Crippen LogP contribution in [0.25, 0.3) is 21.9 Å². The Hall–Kier alpha value is -2.10. The van der Waals surface area contributed by atoms with Crippen LogP contribution >= 0.6 is 0 Å². The Morgan fingerprint density at radius 3 is 2.71 bits per heavy atom. The minimum absolute atomic E-state index is 0.160. The normalized spacial score (nSPS) is 16.8. The summed E-state index contributed by atoms with van der Waals surface area (Å²) >= 11 is 0. The zero-order valence-corrected chi connectivity index (χ0v) is 12.2. The molecule has 1 saturated carbocycles. The molecule has 1 aliphatic rings. The molecule has 21 heavy (non-hydrogen) atoms. The third-order valence-electron chi connectivity index (χ3n) is 4.73. The lowest BCUT2D eigenvalue weighted by Gasteiger charge is -2.21. The first kappa shape index (κ1) is 12.6. The van der Waals surface area contributed by atoms with Crippen molar-refractivity contribution in [3.8, 4) is 0 Å². The van der Waals surface area contributed by atoms with Crippen LogP contribution in [-0.4, -0.2) is 20.3 Å². The van der Waals surface area contributed by atoms with Crippen molar-refractivity contribution < 1.29 is 4.79 Å². The van der Waals surface area contributed by atoms with Crippen molar-refractivity contribution in [2.24, 2.45) is 13.0 Å². The van der Waals surface area contributed by atoms with Gasteiger partial charge in [-0.15, -0.1) is 0 Å². The predicted octanol–water partition coefficient (Wildman–Crippen LogP) is 3.75. The van der Waals surface area contributed by atoms with E-state index in [1.54, 1.807) is 0 Å². The second kappa shape index (κ2) is 4.72. The number of benzene rings is 1. The number of hydrogen-bond donors (Lipinski definition) is 0. The maximum atomic E-state index is 13.1. The van der Waals surface area contributed by atoms with E-state index in [0.29, 0.717) is 0 Å². The van der Waals surface area contributed by atoms with Crippen molar-refractivity contribution in [2.45, 2.75) is 32.1 Å². The highest BCUT2D eigenvalue weighted by molar-refractivity contribution is 6.12. The van der Waals surface area contributed by atoms with Gasteiger partial charge in [-0.05, 0) is 18.9 Å². The van der Waals surface area contributed by atoms with Gasteiger partial charge in [0, 0.05) is 23.7 Å². The van der Waals surface area contributed by atoms with Gasteiger partial charge in [0.2, 0.25) is 5.91 Å². The van der Waals surface area contributed by atoms with Crippen LogP contribution in [0.5, 0.6) is 0 Å². The van der Waals surface area contributed by atoms with E-state index in [1.807, 2.05) is 40.7 Å². The lowest BCUT2D eigenvalue weighted by atomic mass is 9.88. The number of aryl methyl sites for hydroxylation is 1. The summed E-state index contributed by atoms with van der Waals surface area (Å²) in [5.41, 5.74) is 1.93. The number of fused-ring (bicyclic) bond motifs is 3. The van der Waals surface area contributed by atoms with Crippen LogP contribution < -0.4 is 0 Å². The SMILES string of the molecule is Cn1ncc2c3ccccc3n(C(=O)C3CCCCC3)c21. The molecule has 108 valence electrons. The van der Waals surface area contributed by atoms with E-state index < -0.39 is 0 Å². The summed E-state index contributed by atoms with van der Waals surface area (Å²) in [6.07, 6.45) is 7.50. The Bertz CT molecular complexity index is 821. The van der Waals surface area contributed by atoms with Crippen LogP contribution in [0.1, 0.15) is 36.9 Å². The van der Waals surface area contributed by atoms with Gasteiger partial charge in [-0.25, -0.2) is 0 Å². The van der Waals surface area contributed by atoms with Crippen LogP contribution in [0, 0.1) is 5.92 Å². The molecular formula is C17H19N3O. The van der Waals surface area contributed by atoms with Crippen molar-refractivity contribution in [3.05, 3.63) is 30.5 Å². The molecule has 0 N–H and O–H groups in total. The van der Waals surface area contributed by atoms with Crippen molar-refractivity contribution in [3.63, 3.8) is 0 Å². The smallest absolute Gasteiger partial charge is 0.235 e. The number of nitrogens with zero attached hydrogens (tertiary/aromatic N) is 3. The largest absolute Gasteiger partial charge is 0.274 e.